The number of benzene rings is 2. The Morgan fingerprint density at radius 2 is 2.13 bits per heavy atom. The molecule has 154 valence electrons. The first-order chi connectivity index (χ1) is 14.6. The van der Waals surface area contributed by atoms with Crippen molar-refractivity contribution >= 4 is 34.0 Å². The normalized spacial score (nSPS) is 15.9. The van der Waals surface area contributed by atoms with Crippen molar-refractivity contribution in [2.24, 2.45) is 0 Å². The predicted molar refractivity (Wildman–Crippen MR) is 119 cm³/mol. The van der Waals surface area contributed by atoms with Gasteiger partial charge in [-0.15, -0.1) is 0 Å². The maximum atomic E-state index is 9.21. The molecule has 0 bridgehead atoms. The van der Waals surface area contributed by atoms with E-state index in [1.165, 1.54) is 0 Å². The Morgan fingerprint density at radius 1 is 1.27 bits per heavy atom. The Labute approximate surface area is 175 Å². The third kappa shape index (κ3) is 4.07. The van der Waals surface area contributed by atoms with Crippen molar-refractivity contribution < 1.29 is 4.74 Å². The zero-order chi connectivity index (χ0) is 21.1. The quantitative estimate of drug-likeness (QED) is 0.539. The molecule has 1 atom stereocenters. The van der Waals surface area contributed by atoms with Crippen molar-refractivity contribution in [3.05, 3.63) is 42.0 Å². The average Bonchev–Trinajstić information content (AvgIpc) is 3.21. The maximum absolute atomic E-state index is 9.21. The molecule has 0 radical (unpaired) electrons. The fourth-order valence-electron chi connectivity index (χ4n) is 3.84. The van der Waals surface area contributed by atoms with Gasteiger partial charge in [-0.1, -0.05) is 6.92 Å². The van der Waals surface area contributed by atoms with Crippen molar-refractivity contribution in [3.63, 3.8) is 0 Å². The summed E-state index contributed by atoms with van der Waals surface area (Å²) < 4.78 is 5.42. The van der Waals surface area contributed by atoms with Crippen molar-refractivity contribution in [1.82, 2.24) is 15.3 Å². The number of methoxy groups -OCH3 is 1. The summed E-state index contributed by atoms with van der Waals surface area (Å²) in [6.07, 6.45) is 1.06. The van der Waals surface area contributed by atoms with Gasteiger partial charge in [0.1, 0.15) is 11.6 Å². The summed E-state index contributed by atoms with van der Waals surface area (Å²) in [7, 11) is 1.65. The third-order valence-electron chi connectivity index (χ3n) is 5.20. The van der Waals surface area contributed by atoms with E-state index >= 15 is 0 Å². The number of ether oxygens (including phenoxy) is 1. The first kappa shape index (κ1) is 19.7. The van der Waals surface area contributed by atoms with Gasteiger partial charge in [0.05, 0.1) is 24.3 Å². The first-order valence-electron chi connectivity index (χ1n) is 10.0. The molecule has 1 unspecified atom stereocenters. The highest BCUT2D eigenvalue weighted by Gasteiger charge is 2.25. The number of nitrogen functional groups attached to an aromatic ring is 1. The molecule has 3 aromatic rings. The smallest absolute Gasteiger partial charge is 0.229 e. The molecule has 4 rings (SSSR count). The van der Waals surface area contributed by atoms with Crippen LogP contribution >= 0.6 is 0 Å². The standard InChI is InChI=1S/C22H25N7O/c1-3-25-16-6-7-29(13-16)21-19-11-18(30-2)4-5-20(19)27-22(28-21)26-17-9-14(12-23)8-15(24)10-17/h4-5,8-11,16,25H,3,6-7,13,24H2,1-2H3,(H,26,27,28). The highest BCUT2D eigenvalue weighted by molar-refractivity contribution is 5.92. The molecular formula is C22H25N7O. The highest BCUT2D eigenvalue weighted by atomic mass is 16.5. The topological polar surface area (TPSA) is 112 Å². The lowest BCUT2D eigenvalue weighted by Crippen LogP contribution is -2.32. The van der Waals surface area contributed by atoms with Crippen LogP contribution in [0.25, 0.3) is 10.9 Å². The van der Waals surface area contributed by atoms with Gasteiger partial charge in [-0.05, 0) is 49.4 Å². The van der Waals surface area contributed by atoms with Crippen molar-refractivity contribution in [3.8, 4) is 11.8 Å². The minimum absolute atomic E-state index is 0.439. The van der Waals surface area contributed by atoms with E-state index in [4.69, 9.17) is 15.5 Å². The molecule has 1 aromatic heterocycles. The number of rotatable bonds is 6. The monoisotopic (exact) mass is 403 g/mol. The van der Waals surface area contributed by atoms with E-state index in [1.807, 2.05) is 18.2 Å². The number of hydrogen-bond acceptors (Lipinski definition) is 8. The molecule has 8 heteroatoms. The number of aromatic nitrogens is 2. The summed E-state index contributed by atoms with van der Waals surface area (Å²) in [6, 6.07) is 13.5. The van der Waals surface area contributed by atoms with Crippen molar-refractivity contribution in [2.75, 3.05) is 42.7 Å². The van der Waals surface area contributed by atoms with E-state index < -0.39 is 0 Å². The molecule has 0 spiro atoms. The molecule has 2 heterocycles. The zero-order valence-corrected chi connectivity index (χ0v) is 17.1. The summed E-state index contributed by atoms with van der Waals surface area (Å²) in [4.78, 5) is 11.8. The molecule has 1 fully saturated rings. The molecule has 30 heavy (non-hydrogen) atoms. The molecule has 0 aliphatic carbocycles. The van der Waals surface area contributed by atoms with Gasteiger partial charge in [0.15, 0.2) is 0 Å². The number of nitriles is 1. The van der Waals surface area contributed by atoms with Crippen LogP contribution in [0.2, 0.25) is 0 Å². The second kappa shape index (κ2) is 8.43. The van der Waals surface area contributed by atoms with E-state index in [1.54, 1.807) is 25.3 Å². The number of nitrogens with zero attached hydrogens (tertiary/aromatic N) is 4. The van der Waals surface area contributed by atoms with Gasteiger partial charge in [-0.3, -0.25) is 0 Å². The van der Waals surface area contributed by atoms with Gasteiger partial charge in [-0.2, -0.15) is 10.2 Å². The minimum atomic E-state index is 0.439. The second-order valence-corrected chi connectivity index (χ2v) is 7.32. The van der Waals surface area contributed by atoms with Crippen LogP contribution in [0.3, 0.4) is 0 Å². The summed E-state index contributed by atoms with van der Waals surface area (Å²) in [5, 5.41) is 16.9. The van der Waals surface area contributed by atoms with Crippen molar-refractivity contribution in [2.45, 2.75) is 19.4 Å². The SMILES string of the molecule is CCNC1CCN(c2nc(Nc3cc(N)cc(C#N)c3)nc3ccc(OC)cc23)C1. The molecule has 1 saturated heterocycles. The van der Waals surface area contributed by atoms with Crippen LogP contribution in [0.5, 0.6) is 5.75 Å². The number of nitrogens with two attached hydrogens (primary N) is 1. The van der Waals surface area contributed by atoms with Crippen LogP contribution in [0.15, 0.2) is 36.4 Å². The van der Waals surface area contributed by atoms with Crippen LogP contribution in [-0.2, 0) is 0 Å². The van der Waals surface area contributed by atoms with Crippen LogP contribution < -0.4 is 26.0 Å². The minimum Gasteiger partial charge on any atom is -0.497 e. The lowest BCUT2D eigenvalue weighted by Gasteiger charge is -2.21. The molecule has 8 nitrogen and oxygen atoms in total. The Balaban J connectivity index is 1.75. The Hall–Kier alpha value is -3.57. The molecule has 1 aliphatic rings. The van der Waals surface area contributed by atoms with Crippen molar-refractivity contribution in [1.29, 1.82) is 5.26 Å². The first-order valence-corrected chi connectivity index (χ1v) is 10.0. The summed E-state index contributed by atoms with van der Waals surface area (Å²) in [6.45, 7) is 4.86. The van der Waals surface area contributed by atoms with E-state index in [0.717, 1.165) is 48.5 Å². The van der Waals surface area contributed by atoms with Gasteiger partial charge >= 0.3 is 0 Å². The maximum Gasteiger partial charge on any atom is 0.229 e. The third-order valence-corrected chi connectivity index (χ3v) is 5.20. The Morgan fingerprint density at radius 3 is 2.90 bits per heavy atom. The molecule has 4 N–H and O–H groups in total. The van der Waals surface area contributed by atoms with Crippen LogP contribution in [0.4, 0.5) is 23.1 Å². The summed E-state index contributed by atoms with van der Waals surface area (Å²) in [5.41, 5.74) is 8.41. The second-order valence-electron chi connectivity index (χ2n) is 7.32. The number of likely N-dealkylation sites (N-methyl/N-ethyl adjacent to an activating group) is 1. The molecule has 2 aromatic carbocycles. The summed E-state index contributed by atoms with van der Waals surface area (Å²) in [5.74, 6) is 2.10. The number of anilines is 4. The molecule has 0 saturated carbocycles. The molecular weight excluding hydrogens is 378 g/mol. The van der Waals surface area contributed by atoms with Crippen LogP contribution in [0.1, 0.15) is 18.9 Å². The van der Waals surface area contributed by atoms with Gasteiger partial charge in [0.25, 0.3) is 0 Å². The lowest BCUT2D eigenvalue weighted by atomic mass is 10.2. The van der Waals surface area contributed by atoms with E-state index in [9.17, 15) is 5.26 Å². The molecule has 0 amide bonds. The lowest BCUT2D eigenvalue weighted by molar-refractivity contribution is 0.415. The number of hydrogen-bond donors (Lipinski definition) is 3. The Kier molecular flexibility index (Phi) is 5.55. The van der Waals surface area contributed by atoms with E-state index in [0.29, 0.717) is 28.9 Å². The van der Waals surface area contributed by atoms with Gasteiger partial charge in [0, 0.05) is 35.9 Å². The van der Waals surface area contributed by atoms with Gasteiger partial charge < -0.3 is 26.0 Å². The largest absolute Gasteiger partial charge is 0.497 e. The number of fused-ring (bicyclic) bond motifs is 1. The number of nitrogens with one attached hydrogen (secondary N) is 2. The Bertz CT molecular complexity index is 1110. The predicted octanol–water partition coefficient (Wildman–Crippen LogP) is 3.02. The van der Waals surface area contributed by atoms with Crippen LogP contribution in [0, 0.1) is 11.3 Å². The molecule has 1 aliphatic heterocycles. The van der Waals surface area contributed by atoms with Gasteiger partial charge in [-0.25, -0.2) is 4.98 Å². The highest BCUT2D eigenvalue weighted by Crippen LogP contribution is 2.32. The van der Waals surface area contributed by atoms with E-state index in [-0.39, 0.29) is 0 Å². The van der Waals surface area contributed by atoms with E-state index in [2.05, 4.69) is 33.5 Å². The average molecular weight is 403 g/mol. The zero-order valence-electron chi connectivity index (χ0n) is 17.1. The summed E-state index contributed by atoms with van der Waals surface area (Å²) >= 11 is 0. The fraction of sp³-hybridized carbons (Fsp3) is 0.318. The fourth-order valence-corrected chi connectivity index (χ4v) is 3.84. The van der Waals surface area contributed by atoms with Gasteiger partial charge in [0.2, 0.25) is 5.95 Å². The van der Waals surface area contributed by atoms with Crippen LogP contribution in [-0.4, -0.2) is 42.8 Å².